The van der Waals surface area contributed by atoms with E-state index in [0.29, 0.717) is 23.7 Å². The summed E-state index contributed by atoms with van der Waals surface area (Å²) in [4.78, 5) is 18.0. The summed E-state index contributed by atoms with van der Waals surface area (Å²) in [6.45, 7) is 8.20. The fourth-order valence-electron chi connectivity index (χ4n) is 3.77. The van der Waals surface area contributed by atoms with Crippen LogP contribution in [-0.4, -0.2) is 41.2 Å². The van der Waals surface area contributed by atoms with E-state index in [1.807, 2.05) is 46.5 Å². The highest BCUT2D eigenvalue weighted by molar-refractivity contribution is 7.12. The molecule has 1 aliphatic carbocycles. The molecule has 164 valence electrons. The van der Waals surface area contributed by atoms with Gasteiger partial charge in [-0.15, -0.1) is 11.3 Å². The molecule has 0 bridgehead atoms. The lowest BCUT2D eigenvalue weighted by Gasteiger charge is -2.15. The van der Waals surface area contributed by atoms with Crippen molar-refractivity contribution in [3.05, 3.63) is 58.2 Å². The van der Waals surface area contributed by atoms with Gasteiger partial charge in [-0.3, -0.25) is 4.79 Å². The summed E-state index contributed by atoms with van der Waals surface area (Å²) in [6.07, 6.45) is 5.88. The monoisotopic (exact) mass is 454 g/mol. The largest absolute Gasteiger partial charge is 0.393 e. The number of aliphatic hydroxyl groups is 1. The third-order valence-corrected chi connectivity index (χ3v) is 8.22. The summed E-state index contributed by atoms with van der Waals surface area (Å²) >= 11 is 1.39. The number of aromatic nitrogens is 2. The number of ketones is 1. The first-order valence-electron chi connectivity index (χ1n) is 10.8. The van der Waals surface area contributed by atoms with Gasteiger partial charge >= 0.3 is 0 Å². The minimum atomic E-state index is -1.14. The lowest BCUT2D eigenvalue weighted by Crippen LogP contribution is -2.21. The molecule has 1 aromatic carbocycles. The summed E-state index contributed by atoms with van der Waals surface area (Å²) in [5.74, 6) is -0.0512. The Morgan fingerprint density at radius 3 is 2.87 bits per heavy atom. The molecular formula is C24H30N2O3SSi. The van der Waals surface area contributed by atoms with Crippen LogP contribution in [0.3, 0.4) is 0 Å². The molecular weight excluding hydrogens is 424 g/mol. The minimum absolute atomic E-state index is 0.0512. The molecule has 3 aromatic rings. The molecule has 0 saturated carbocycles. The summed E-state index contributed by atoms with van der Waals surface area (Å²) in [7, 11) is -1.14. The van der Waals surface area contributed by atoms with E-state index >= 15 is 0 Å². The van der Waals surface area contributed by atoms with Crippen LogP contribution in [-0.2, 0) is 11.5 Å². The predicted molar refractivity (Wildman–Crippen MR) is 129 cm³/mol. The van der Waals surface area contributed by atoms with Crippen molar-refractivity contribution in [3.63, 3.8) is 0 Å². The first kappa shape index (κ1) is 22.1. The van der Waals surface area contributed by atoms with Crippen molar-refractivity contribution in [2.75, 3.05) is 6.61 Å². The van der Waals surface area contributed by atoms with E-state index in [1.165, 1.54) is 11.3 Å². The van der Waals surface area contributed by atoms with Gasteiger partial charge in [-0.25, -0.2) is 4.98 Å². The second-order valence-electron chi connectivity index (χ2n) is 9.40. The molecule has 1 unspecified atom stereocenters. The van der Waals surface area contributed by atoms with Gasteiger partial charge in [-0.05, 0) is 36.9 Å². The Hall–Kier alpha value is -2.06. The Morgan fingerprint density at radius 1 is 1.32 bits per heavy atom. The molecule has 4 rings (SSSR count). The molecule has 0 amide bonds. The molecule has 0 fully saturated rings. The van der Waals surface area contributed by atoms with Crippen molar-refractivity contribution in [1.29, 1.82) is 0 Å². The predicted octanol–water partition coefficient (Wildman–Crippen LogP) is 5.57. The number of benzene rings is 1. The molecule has 1 atom stereocenters. The van der Waals surface area contributed by atoms with Crippen LogP contribution in [0.4, 0.5) is 0 Å². The van der Waals surface area contributed by atoms with Crippen LogP contribution in [0.5, 0.6) is 0 Å². The van der Waals surface area contributed by atoms with Gasteiger partial charge in [0.25, 0.3) is 0 Å². The van der Waals surface area contributed by atoms with Crippen LogP contribution in [0.2, 0.25) is 25.7 Å². The van der Waals surface area contributed by atoms with Gasteiger partial charge in [0, 0.05) is 31.6 Å². The molecule has 1 N–H and O–H groups in total. The van der Waals surface area contributed by atoms with Gasteiger partial charge in [0.2, 0.25) is 5.78 Å². The highest BCUT2D eigenvalue weighted by Crippen LogP contribution is 2.30. The molecule has 1 aliphatic rings. The Morgan fingerprint density at radius 2 is 2.13 bits per heavy atom. The smallest absolute Gasteiger partial charge is 0.223 e. The Labute approximate surface area is 188 Å². The van der Waals surface area contributed by atoms with Crippen molar-refractivity contribution >= 4 is 41.7 Å². The maximum atomic E-state index is 13.3. The van der Waals surface area contributed by atoms with Gasteiger partial charge in [0.15, 0.2) is 5.01 Å². The molecule has 2 aromatic heterocycles. The lowest BCUT2D eigenvalue weighted by molar-refractivity contribution is 0.0899. The van der Waals surface area contributed by atoms with E-state index in [1.54, 1.807) is 0 Å². The van der Waals surface area contributed by atoms with Crippen molar-refractivity contribution < 1.29 is 14.6 Å². The lowest BCUT2D eigenvalue weighted by atomic mass is 9.96. The number of aliphatic hydroxyl groups excluding tert-OH is 1. The molecule has 0 saturated heterocycles. The molecule has 5 nitrogen and oxygen atoms in total. The normalized spacial score (nSPS) is 17.2. The van der Waals surface area contributed by atoms with Crippen LogP contribution < -0.4 is 0 Å². The quantitative estimate of drug-likeness (QED) is 0.275. The van der Waals surface area contributed by atoms with E-state index < -0.39 is 8.07 Å². The van der Waals surface area contributed by atoms with E-state index in [0.717, 1.165) is 47.7 Å². The number of thiazole rings is 1. The van der Waals surface area contributed by atoms with Crippen LogP contribution in [0.25, 0.3) is 16.5 Å². The summed E-state index contributed by atoms with van der Waals surface area (Å²) in [5, 5.41) is 13.1. The Balaban J connectivity index is 1.55. The van der Waals surface area contributed by atoms with Crippen LogP contribution >= 0.6 is 11.3 Å². The summed E-state index contributed by atoms with van der Waals surface area (Å²) in [6, 6.07) is 9.08. The standard InChI is InChI=1S/C24H30N2O3SSi/c1-31(2,3)13-12-29-16-26-14-20(19-6-4-5-7-22(19)26)23(28)24-25-21(15-30-24)17-8-10-18(27)11-9-17/h4-8,14-15,18,27H,9-13,16H2,1-3H3. The number of nitrogens with zero attached hydrogens (tertiary/aromatic N) is 2. The third kappa shape index (κ3) is 5.23. The Kier molecular flexibility index (Phi) is 6.57. The van der Waals surface area contributed by atoms with Gasteiger partial charge in [-0.2, -0.15) is 0 Å². The number of ether oxygens (including phenoxy) is 1. The molecule has 31 heavy (non-hydrogen) atoms. The summed E-state index contributed by atoms with van der Waals surface area (Å²) in [5.41, 5.74) is 3.65. The van der Waals surface area contributed by atoms with Crippen molar-refractivity contribution in [1.82, 2.24) is 9.55 Å². The zero-order valence-corrected chi connectivity index (χ0v) is 20.2. The second kappa shape index (κ2) is 9.20. The van der Waals surface area contributed by atoms with Crippen LogP contribution in [0.1, 0.15) is 40.3 Å². The number of hydrogen-bond donors (Lipinski definition) is 1. The van der Waals surface area contributed by atoms with Crippen molar-refractivity contribution in [2.24, 2.45) is 0 Å². The maximum absolute atomic E-state index is 13.3. The van der Waals surface area contributed by atoms with Gasteiger partial charge in [0.1, 0.15) is 6.73 Å². The van der Waals surface area contributed by atoms with Crippen molar-refractivity contribution in [2.45, 2.75) is 57.8 Å². The van der Waals surface area contributed by atoms with Crippen molar-refractivity contribution in [3.8, 4) is 0 Å². The number of rotatable bonds is 8. The van der Waals surface area contributed by atoms with E-state index in [-0.39, 0.29) is 11.9 Å². The first-order chi connectivity index (χ1) is 14.8. The molecule has 7 heteroatoms. The summed E-state index contributed by atoms with van der Waals surface area (Å²) < 4.78 is 7.96. The minimum Gasteiger partial charge on any atom is -0.393 e. The number of carbonyl (C=O) groups excluding carboxylic acids is 1. The highest BCUT2D eigenvalue weighted by atomic mass is 32.1. The number of carbonyl (C=O) groups is 1. The van der Waals surface area contributed by atoms with E-state index in [4.69, 9.17) is 4.74 Å². The van der Waals surface area contributed by atoms with Crippen LogP contribution in [0.15, 0.2) is 41.9 Å². The van der Waals surface area contributed by atoms with Gasteiger partial charge < -0.3 is 14.4 Å². The molecule has 0 radical (unpaired) electrons. The second-order valence-corrected chi connectivity index (χ2v) is 15.9. The SMILES string of the molecule is C[Si](C)(C)CCOCn1cc(C(=O)c2nc(C3=CCC(O)CC3)cs2)c2ccccc21. The van der Waals surface area contributed by atoms with E-state index in [2.05, 4.69) is 24.6 Å². The van der Waals surface area contributed by atoms with Crippen LogP contribution in [0, 0.1) is 0 Å². The maximum Gasteiger partial charge on any atom is 0.223 e. The first-order valence-corrected chi connectivity index (χ1v) is 15.4. The van der Waals surface area contributed by atoms with Gasteiger partial charge in [-0.1, -0.05) is 43.9 Å². The highest BCUT2D eigenvalue weighted by Gasteiger charge is 2.21. The topological polar surface area (TPSA) is 64.4 Å². The molecule has 0 aliphatic heterocycles. The number of hydrogen-bond acceptors (Lipinski definition) is 5. The average Bonchev–Trinajstić information content (AvgIpc) is 3.36. The third-order valence-electron chi connectivity index (χ3n) is 5.67. The number of fused-ring (bicyclic) bond motifs is 1. The Bertz CT molecular complexity index is 1110. The molecule has 0 spiro atoms. The zero-order chi connectivity index (χ0) is 22.0. The molecule has 2 heterocycles. The zero-order valence-electron chi connectivity index (χ0n) is 18.4. The fourth-order valence-corrected chi connectivity index (χ4v) is 5.32. The average molecular weight is 455 g/mol. The van der Waals surface area contributed by atoms with E-state index in [9.17, 15) is 9.90 Å². The number of allylic oxidation sites excluding steroid dienone is 1. The fraction of sp³-hybridized carbons (Fsp3) is 0.417. The van der Waals surface area contributed by atoms with Gasteiger partial charge in [0.05, 0.1) is 22.9 Å². The number of para-hydroxylation sites is 1.